The van der Waals surface area contributed by atoms with Gasteiger partial charge >= 0.3 is 0 Å². The zero-order chi connectivity index (χ0) is 20.1. The summed E-state index contributed by atoms with van der Waals surface area (Å²) in [6, 6.07) is 14.4. The molecule has 28 heavy (non-hydrogen) atoms. The van der Waals surface area contributed by atoms with Gasteiger partial charge in [0, 0.05) is 31.7 Å². The Labute approximate surface area is 168 Å². The highest BCUT2D eigenvalue weighted by Crippen LogP contribution is 2.25. The first kappa shape index (κ1) is 20.6. The van der Waals surface area contributed by atoms with Crippen LogP contribution >= 0.6 is 0 Å². The van der Waals surface area contributed by atoms with Gasteiger partial charge < -0.3 is 4.90 Å². The van der Waals surface area contributed by atoms with Gasteiger partial charge in [0.25, 0.3) is 5.91 Å². The van der Waals surface area contributed by atoms with Crippen molar-refractivity contribution in [3.63, 3.8) is 0 Å². The van der Waals surface area contributed by atoms with E-state index in [1.54, 1.807) is 23.1 Å². The molecule has 0 saturated heterocycles. The lowest BCUT2D eigenvalue weighted by Crippen LogP contribution is -2.36. The summed E-state index contributed by atoms with van der Waals surface area (Å²) in [7, 11) is -3.65. The van der Waals surface area contributed by atoms with Crippen LogP contribution in [0.15, 0.2) is 53.4 Å². The fraction of sp³-hybridized carbons (Fsp3) is 0.409. The summed E-state index contributed by atoms with van der Waals surface area (Å²) in [6.45, 7) is 6.24. The van der Waals surface area contributed by atoms with E-state index in [-0.39, 0.29) is 10.8 Å². The van der Waals surface area contributed by atoms with Crippen molar-refractivity contribution < 1.29 is 13.2 Å². The number of carbonyl (C=O) groups excluding carboxylic acids is 1. The van der Waals surface area contributed by atoms with Gasteiger partial charge in [0.1, 0.15) is 0 Å². The molecule has 1 aliphatic rings. The van der Waals surface area contributed by atoms with Crippen molar-refractivity contribution >= 4 is 15.9 Å². The number of nitrogens with zero attached hydrogens (tertiary/aromatic N) is 2. The van der Waals surface area contributed by atoms with Gasteiger partial charge in [0.2, 0.25) is 10.0 Å². The van der Waals surface area contributed by atoms with Gasteiger partial charge in [0.15, 0.2) is 0 Å². The highest BCUT2D eigenvalue weighted by Gasteiger charge is 2.29. The predicted molar refractivity (Wildman–Crippen MR) is 111 cm³/mol. The van der Waals surface area contributed by atoms with Crippen LogP contribution in [0.3, 0.4) is 0 Å². The van der Waals surface area contributed by atoms with E-state index in [0.29, 0.717) is 38.2 Å². The van der Waals surface area contributed by atoms with Crippen LogP contribution in [0.5, 0.6) is 0 Å². The molecule has 3 rings (SSSR count). The van der Waals surface area contributed by atoms with Crippen LogP contribution < -0.4 is 0 Å². The third-order valence-electron chi connectivity index (χ3n) is 5.09. The quantitative estimate of drug-likeness (QED) is 0.712. The Bertz CT molecular complexity index is 934. The first-order valence-electron chi connectivity index (χ1n) is 9.93. The van der Waals surface area contributed by atoms with Crippen molar-refractivity contribution in [2.45, 2.75) is 44.6 Å². The molecule has 0 aromatic heterocycles. The SMILES string of the molecule is CCCN(CCC)C(=O)c1cccc(S(=O)(=O)N2CCc3ccccc3C2)c1. The Balaban J connectivity index is 1.86. The lowest BCUT2D eigenvalue weighted by Gasteiger charge is -2.28. The van der Waals surface area contributed by atoms with Crippen LogP contribution in [0.4, 0.5) is 0 Å². The molecule has 1 aliphatic heterocycles. The van der Waals surface area contributed by atoms with Crippen LogP contribution in [-0.2, 0) is 23.0 Å². The smallest absolute Gasteiger partial charge is 0.253 e. The summed E-state index contributed by atoms with van der Waals surface area (Å²) >= 11 is 0. The minimum absolute atomic E-state index is 0.107. The second-order valence-electron chi connectivity index (χ2n) is 7.18. The molecule has 0 saturated carbocycles. The lowest BCUT2D eigenvalue weighted by molar-refractivity contribution is 0.0755. The normalized spacial score (nSPS) is 14.5. The van der Waals surface area contributed by atoms with E-state index >= 15 is 0 Å². The fourth-order valence-electron chi connectivity index (χ4n) is 3.65. The van der Waals surface area contributed by atoms with E-state index < -0.39 is 10.0 Å². The molecule has 1 heterocycles. The maximum absolute atomic E-state index is 13.2. The number of carbonyl (C=O) groups is 1. The van der Waals surface area contributed by atoms with Crippen molar-refractivity contribution in [2.75, 3.05) is 19.6 Å². The first-order valence-corrected chi connectivity index (χ1v) is 11.4. The Morgan fingerprint density at radius 2 is 1.68 bits per heavy atom. The van der Waals surface area contributed by atoms with Crippen LogP contribution in [-0.4, -0.2) is 43.2 Å². The first-order chi connectivity index (χ1) is 13.5. The van der Waals surface area contributed by atoms with Crippen LogP contribution in [0.2, 0.25) is 0 Å². The van der Waals surface area contributed by atoms with Gasteiger partial charge in [-0.05, 0) is 48.6 Å². The summed E-state index contributed by atoms with van der Waals surface area (Å²) in [6.07, 6.45) is 2.45. The monoisotopic (exact) mass is 400 g/mol. The molecular formula is C22H28N2O3S. The molecule has 6 heteroatoms. The predicted octanol–water partition coefficient (Wildman–Crippen LogP) is 3.70. The summed E-state index contributed by atoms with van der Waals surface area (Å²) in [5.74, 6) is -0.107. The zero-order valence-electron chi connectivity index (χ0n) is 16.6. The molecule has 2 aromatic carbocycles. The summed E-state index contributed by atoms with van der Waals surface area (Å²) in [5.41, 5.74) is 2.68. The zero-order valence-corrected chi connectivity index (χ0v) is 17.4. The molecule has 5 nitrogen and oxygen atoms in total. The Hall–Kier alpha value is -2.18. The largest absolute Gasteiger partial charge is 0.339 e. The molecule has 0 aliphatic carbocycles. The molecule has 0 atom stereocenters. The Morgan fingerprint density at radius 1 is 1.00 bits per heavy atom. The molecule has 0 fully saturated rings. The number of hydrogen-bond donors (Lipinski definition) is 0. The van der Waals surface area contributed by atoms with Gasteiger partial charge in [-0.25, -0.2) is 8.42 Å². The highest BCUT2D eigenvalue weighted by molar-refractivity contribution is 7.89. The van der Waals surface area contributed by atoms with E-state index in [1.807, 2.05) is 32.0 Å². The van der Waals surface area contributed by atoms with Crippen LogP contribution in [0, 0.1) is 0 Å². The molecular weight excluding hydrogens is 372 g/mol. The van der Waals surface area contributed by atoms with E-state index in [0.717, 1.165) is 18.4 Å². The molecule has 0 bridgehead atoms. The molecule has 2 aromatic rings. The highest BCUT2D eigenvalue weighted by atomic mass is 32.2. The third kappa shape index (κ3) is 4.28. The van der Waals surface area contributed by atoms with E-state index in [1.165, 1.54) is 15.9 Å². The molecule has 0 radical (unpaired) electrons. The van der Waals surface area contributed by atoms with Gasteiger partial charge in [-0.3, -0.25) is 4.79 Å². The maximum Gasteiger partial charge on any atom is 0.253 e. The minimum atomic E-state index is -3.65. The Morgan fingerprint density at radius 3 is 2.36 bits per heavy atom. The number of sulfonamides is 1. The number of amides is 1. The van der Waals surface area contributed by atoms with Crippen molar-refractivity contribution in [3.8, 4) is 0 Å². The van der Waals surface area contributed by atoms with Gasteiger partial charge in [-0.2, -0.15) is 4.31 Å². The van der Waals surface area contributed by atoms with Gasteiger partial charge in [-0.1, -0.05) is 44.2 Å². The number of rotatable bonds is 7. The lowest BCUT2D eigenvalue weighted by atomic mass is 10.0. The van der Waals surface area contributed by atoms with Gasteiger partial charge in [-0.15, -0.1) is 0 Å². The average Bonchev–Trinajstić information content (AvgIpc) is 2.72. The third-order valence-corrected chi connectivity index (χ3v) is 6.93. The second-order valence-corrected chi connectivity index (χ2v) is 9.12. The standard InChI is InChI=1S/C22H28N2O3S/c1-3-13-23(14-4-2)22(25)19-10-7-11-21(16-19)28(26,27)24-15-12-18-8-5-6-9-20(18)17-24/h5-11,16H,3-4,12-15,17H2,1-2H3. The van der Waals surface area contributed by atoms with Crippen LogP contribution in [0.1, 0.15) is 48.2 Å². The molecule has 0 N–H and O–H groups in total. The fourth-order valence-corrected chi connectivity index (χ4v) is 5.12. The summed E-state index contributed by atoms with van der Waals surface area (Å²) in [4.78, 5) is 14.8. The van der Waals surface area contributed by atoms with Crippen LogP contribution in [0.25, 0.3) is 0 Å². The number of fused-ring (bicyclic) bond motifs is 1. The van der Waals surface area contributed by atoms with E-state index in [4.69, 9.17) is 0 Å². The van der Waals surface area contributed by atoms with Crippen molar-refractivity contribution in [1.82, 2.24) is 9.21 Å². The Kier molecular flexibility index (Phi) is 6.52. The summed E-state index contributed by atoms with van der Waals surface area (Å²) < 4.78 is 27.9. The van der Waals surface area contributed by atoms with Crippen molar-refractivity contribution in [2.24, 2.45) is 0 Å². The number of hydrogen-bond acceptors (Lipinski definition) is 3. The summed E-state index contributed by atoms with van der Waals surface area (Å²) in [5, 5.41) is 0. The van der Waals surface area contributed by atoms with E-state index in [9.17, 15) is 13.2 Å². The average molecular weight is 401 g/mol. The maximum atomic E-state index is 13.2. The molecule has 1 amide bonds. The topological polar surface area (TPSA) is 57.7 Å². The van der Waals surface area contributed by atoms with E-state index in [2.05, 4.69) is 6.07 Å². The van der Waals surface area contributed by atoms with Crippen molar-refractivity contribution in [1.29, 1.82) is 0 Å². The molecule has 0 spiro atoms. The van der Waals surface area contributed by atoms with Crippen molar-refractivity contribution in [3.05, 3.63) is 65.2 Å². The molecule has 0 unspecified atom stereocenters. The molecule has 150 valence electrons. The van der Waals surface area contributed by atoms with Gasteiger partial charge in [0.05, 0.1) is 4.90 Å². The minimum Gasteiger partial charge on any atom is -0.339 e. The number of benzene rings is 2. The second kappa shape index (κ2) is 8.88.